The summed E-state index contributed by atoms with van der Waals surface area (Å²) >= 11 is 0. The monoisotopic (exact) mass is 205 g/mol. The topological polar surface area (TPSA) is 42.4 Å². The minimum Gasteiger partial charge on any atom is -0.501 e. The van der Waals surface area contributed by atoms with Crippen molar-refractivity contribution < 1.29 is 9.84 Å². The first kappa shape index (κ1) is 10.2. The summed E-state index contributed by atoms with van der Waals surface area (Å²) in [6.07, 6.45) is 2.90. The maximum atomic E-state index is 10.1. The molecule has 1 atom stereocenters. The Labute approximate surface area is 89.4 Å². The van der Waals surface area contributed by atoms with Gasteiger partial charge in [-0.2, -0.15) is 0 Å². The molecule has 1 aromatic rings. The zero-order chi connectivity index (χ0) is 10.7. The molecule has 0 fully saturated rings. The van der Waals surface area contributed by atoms with E-state index in [1.165, 1.54) is 0 Å². The largest absolute Gasteiger partial charge is 0.501 e. The molecule has 1 aromatic heterocycles. The van der Waals surface area contributed by atoms with Crippen LogP contribution in [0.2, 0.25) is 0 Å². The molecule has 0 aliphatic carbocycles. The van der Waals surface area contributed by atoms with Crippen LogP contribution in [0.15, 0.2) is 30.0 Å². The van der Waals surface area contributed by atoms with Gasteiger partial charge in [-0.3, -0.25) is 4.98 Å². The Kier molecular flexibility index (Phi) is 3.02. The smallest absolute Gasteiger partial charge is 0.120 e. The number of nitrogens with zero attached hydrogens (tertiary/aromatic N) is 1. The van der Waals surface area contributed by atoms with E-state index >= 15 is 0 Å². The quantitative estimate of drug-likeness (QED) is 0.804. The first-order valence-corrected chi connectivity index (χ1v) is 5.19. The Hall–Kier alpha value is -1.35. The second-order valence-corrected chi connectivity index (χ2v) is 3.77. The molecule has 3 nitrogen and oxygen atoms in total. The van der Waals surface area contributed by atoms with Crippen LogP contribution in [0.25, 0.3) is 0 Å². The van der Waals surface area contributed by atoms with E-state index in [0.717, 1.165) is 30.7 Å². The highest BCUT2D eigenvalue weighted by Gasteiger charge is 2.17. The fraction of sp³-hybridized carbons (Fsp3) is 0.417. The van der Waals surface area contributed by atoms with E-state index in [1.807, 2.05) is 25.1 Å². The van der Waals surface area contributed by atoms with Gasteiger partial charge in [-0.05, 0) is 37.5 Å². The van der Waals surface area contributed by atoms with Gasteiger partial charge in [0.15, 0.2) is 0 Å². The van der Waals surface area contributed by atoms with Crippen molar-refractivity contribution >= 4 is 0 Å². The molecule has 3 heteroatoms. The summed E-state index contributed by atoms with van der Waals surface area (Å²) in [4.78, 5) is 4.30. The van der Waals surface area contributed by atoms with E-state index in [4.69, 9.17) is 4.74 Å². The van der Waals surface area contributed by atoms with Crippen LogP contribution >= 0.6 is 0 Å². The van der Waals surface area contributed by atoms with Gasteiger partial charge in [0.1, 0.15) is 6.10 Å². The van der Waals surface area contributed by atoms with E-state index < -0.39 is 6.10 Å². The zero-order valence-electron chi connectivity index (χ0n) is 8.81. The molecular weight excluding hydrogens is 190 g/mol. The molecule has 1 unspecified atom stereocenters. The highest BCUT2D eigenvalue weighted by Crippen LogP contribution is 2.26. The average Bonchev–Trinajstić information content (AvgIpc) is 2.29. The Balaban J connectivity index is 2.19. The van der Waals surface area contributed by atoms with Crippen LogP contribution in [0.3, 0.4) is 0 Å². The van der Waals surface area contributed by atoms with Crippen molar-refractivity contribution in [3.8, 4) is 0 Å². The van der Waals surface area contributed by atoms with E-state index in [-0.39, 0.29) is 0 Å². The van der Waals surface area contributed by atoms with E-state index in [1.54, 1.807) is 6.26 Å². The molecule has 15 heavy (non-hydrogen) atoms. The van der Waals surface area contributed by atoms with Crippen molar-refractivity contribution in [2.75, 3.05) is 6.61 Å². The van der Waals surface area contributed by atoms with Gasteiger partial charge in [-0.1, -0.05) is 6.07 Å². The van der Waals surface area contributed by atoms with E-state index in [9.17, 15) is 5.11 Å². The van der Waals surface area contributed by atoms with Gasteiger partial charge in [0.25, 0.3) is 0 Å². The van der Waals surface area contributed by atoms with Crippen LogP contribution in [0.4, 0.5) is 0 Å². The second kappa shape index (κ2) is 4.45. The molecule has 0 bridgehead atoms. The number of aliphatic hydroxyl groups excluding tert-OH is 1. The molecular formula is C12H15NO2. The molecule has 2 heterocycles. The lowest BCUT2D eigenvalue weighted by atomic mass is 10.0. The SMILES string of the molecule is Cc1cccc(C(O)C2=COCCC2)n1. The number of rotatable bonds is 2. The van der Waals surface area contributed by atoms with Crippen LogP contribution < -0.4 is 0 Å². The molecule has 0 aromatic carbocycles. The molecule has 80 valence electrons. The zero-order valence-corrected chi connectivity index (χ0v) is 8.81. The van der Waals surface area contributed by atoms with Crippen LogP contribution in [0.5, 0.6) is 0 Å². The van der Waals surface area contributed by atoms with Gasteiger partial charge in [-0.15, -0.1) is 0 Å². The summed E-state index contributed by atoms with van der Waals surface area (Å²) < 4.78 is 5.21. The number of hydrogen-bond acceptors (Lipinski definition) is 3. The molecule has 0 spiro atoms. The third kappa shape index (κ3) is 2.36. The Bertz CT molecular complexity index is 374. The van der Waals surface area contributed by atoms with Gasteiger partial charge in [0.05, 0.1) is 18.6 Å². The van der Waals surface area contributed by atoms with Crippen molar-refractivity contribution in [3.63, 3.8) is 0 Å². The molecule has 0 saturated heterocycles. The third-order valence-electron chi connectivity index (χ3n) is 2.50. The highest BCUT2D eigenvalue weighted by atomic mass is 16.5. The number of ether oxygens (including phenoxy) is 1. The third-order valence-corrected chi connectivity index (χ3v) is 2.50. The fourth-order valence-corrected chi connectivity index (χ4v) is 1.69. The molecule has 2 rings (SSSR count). The maximum Gasteiger partial charge on any atom is 0.120 e. The summed E-state index contributed by atoms with van der Waals surface area (Å²) in [5.41, 5.74) is 2.54. The lowest BCUT2D eigenvalue weighted by molar-refractivity contribution is 0.167. The molecule has 0 amide bonds. The van der Waals surface area contributed by atoms with E-state index in [2.05, 4.69) is 4.98 Å². The summed E-state index contributed by atoms with van der Waals surface area (Å²) in [6, 6.07) is 5.67. The molecule has 0 radical (unpaired) electrons. The van der Waals surface area contributed by atoms with Gasteiger partial charge in [-0.25, -0.2) is 0 Å². The highest BCUT2D eigenvalue weighted by molar-refractivity contribution is 5.21. The first-order valence-electron chi connectivity index (χ1n) is 5.19. The number of aryl methyl sites for hydroxylation is 1. The maximum absolute atomic E-state index is 10.1. The average molecular weight is 205 g/mol. The summed E-state index contributed by atoms with van der Waals surface area (Å²) in [6.45, 7) is 2.67. The Morgan fingerprint density at radius 3 is 3.00 bits per heavy atom. The normalized spacial score (nSPS) is 17.9. The summed E-state index contributed by atoms with van der Waals surface area (Å²) in [5.74, 6) is 0. The standard InChI is InChI=1S/C12H15NO2/c1-9-4-2-6-11(13-9)12(14)10-5-3-7-15-8-10/h2,4,6,8,12,14H,3,5,7H2,1H3. The predicted molar refractivity (Wildman–Crippen MR) is 57.2 cm³/mol. The minimum atomic E-state index is -0.620. The lowest BCUT2D eigenvalue weighted by Gasteiger charge is -2.18. The van der Waals surface area contributed by atoms with Crippen molar-refractivity contribution in [1.29, 1.82) is 0 Å². The Morgan fingerprint density at radius 2 is 2.33 bits per heavy atom. The Morgan fingerprint density at radius 1 is 1.47 bits per heavy atom. The van der Waals surface area contributed by atoms with Crippen LogP contribution in [0, 0.1) is 6.92 Å². The van der Waals surface area contributed by atoms with Crippen molar-refractivity contribution in [1.82, 2.24) is 4.98 Å². The van der Waals surface area contributed by atoms with Crippen molar-refractivity contribution in [2.45, 2.75) is 25.9 Å². The van der Waals surface area contributed by atoms with Crippen LogP contribution in [-0.2, 0) is 4.74 Å². The van der Waals surface area contributed by atoms with Crippen molar-refractivity contribution in [2.24, 2.45) is 0 Å². The van der Waals surface area contributed by atoms with Gasteiger partial charge < -0.3 is 9.84 Å². The van der Waals surface area contributed by atoms with Crippen LogP contribution in [-0.4, -0.2) is 16.7 Å². The minimum absolute atomic E-state index is 0.620. The molecule has 1 aliphatic rings. The lowest BCUT2D eigenvalue weighted by Crippen LogP contribution is -2.09. The number of pyridine rings is 1. The first-order chi connectivity index (χ1) is 7.27. The fourth-order valence-electron chi connectivity index (χ4n) is 1.69. The van der Waals surface area contributed by atoms with Gasteiger partial charge in [0.2, 0.25) is 0 Å². The van der Waals surface area contributed by atoms with Gasteiger partial charge in [0, 0.05) is 5.69 Å². The second-order valence-electron chi connectivity index (χ2n) is 3.77. The van der Waals surface area contributed by atoms with E-state index in [0.29, 0.717) is 5.69 Å². The molecule has 1 N–H and O–H groups in total. The predicted octanol–water partition coefficient (Wildman–Crippen LogP) is 2.12. The van der Waals surface area contributed by atoms with Crippen molar-refractivity contribution in [3.05, 3.63) is 41.4 Å². The molecule has 1 aliphatic heterocycles. The van der Waals surface area contributed by atoms with Crippen LogP contribution in [0.1, 0.15) is 30.3 Å². The molecule has 0 saturated carbocycles. The number of aromatic nitrogens is 1. The number of aliphatic hydroxyl groups is 1. The summed E-state index contributed by atoms with van der Waals surface area (Å²) in [7, 11) is 0. The van der Waals surface area contributed by atoms with Gasteiger partial charge >= 0.3 is 0 Å². The number of hydrogen-bond donors (Lipinski definition) is 1. The summed E-state index contributed by atoms with van der Waals surface area (Å²) in [5, 5.41) is 10.1.